The summed E-state index contributed by atoms with van der Waals surface area (Å²) in [7, 11) is 0. The molecule has 1 atom stereocenters. The quantitative estimate of drug-likeness (QED) is 0.435. The van der Waals surface area contributed by atoms with E-state index >= 15 is 0 Å². The number of amides is 4. The van der Waals surface area contributed by atoms with Gasteiger partial charge in [-0.3, -0.25) is 29.9 Å². The van der Waals surface area contributed by atoms with Gasteiger partial charge in [-0.2, -0.15) is 13.2 Å². The molecule has 30 heavy (non-hydrogen) atoms. The maximum Gasteiger partial charge on any atom is 0.440 e. The predicted octanol–water partition coefficient (Wildman–Crippen LogP) is 2.34. The molecular formula is C18H13F3N4O5. The fraction of sp³-hybridized carbons (Fsp3) is 0.167. The zero-order valence-electron chi connectivity index (χ0n) is 15.0. The fourth-order valence-corrected chi connectivity index (χ4v) is 2.84. The van der Waals surface area contributed by atoms with Crippen LogP contribution in [-0.2, 0) is 11.3 Å². The van der Waals surface area contributed by atoms with E-state index in [2.05, 4.69) is 0 Å². The van der Waals surface area contributed by atoms with Crippen molar-refractivity contribution in [2.24, 2.45) is 0 Å². The van der Waals surface area contributed by atoms with Crippen LogP contribution >= 0.6 is 0 Å². The number of hydrogen-bond acceptors (Lipinski definition) is 5. The second-order valence-corrected chi connectivity index (χ2v) is 6.32. The first-order chi connectivity index (χ1) is 14.0. The highest BCUT2D eigenvalue weighted by molar-refractivity contribution is 6.10. The van der Waals surface area contributed by atoms with Crippen LogP contribution in [0.3, 0.4) is 0 Å². The molecule has 1 fully saturated rings. The maximum atomic E-state index is 13.9. The summed E-state index contributed by atoms with van der Waals surface area (Å²) in [6, 6.07) is 10.4. The molecule has 0 aliphatic carbocycles. The zero-order chi connectivity index (χ0) is 22.1. The molecule has 1 aliphatic heterocycles. The molecule has 12 heteroatoms. The Bertz CT molecular complexity index is 1030. The van der Waals surface area contributed by atoms with Gasteiger partial charge in [-0.25, -0.2) is 4.79 Å². The second-order valence-electron chi connectivity index (χ2n) is 6.32. The lowest BCUT2D eigenvalue weighted by Crippen LogP contribution is -2.69. The SMILES string of the molecule is O=C(N[C@@]1(C(F)(F)F)NC(=O)N(Cc2ccccc2)C1=O)c1cccc([N+](=O)[O-])c1. The lowest BCUT2D eigenvalue weighted by molar-refractivity contribution is -0.384. The van der Waals surface area contributed by atoms with Crippen molar-refractivity contribution >= 4 is 23.5 Å². The molecule has 156 valence electrons. The molecule has 1 saturated heterocycles. The van der Waals surface area contributed by atoms with Crippen LogP contribution < -0.4 is 10.6 Å². The lowest BCUT2D eigenvalue weighted by Gasteiger charge is -2.29. The number of nitro benzene ring substituents is 1. The van der Waals surface area contributed by atoms with Gasteiger partial charge in [-0.05, 0) is 11.6 Å². The molecule has 1 heterocycles. The van der Waals surface area contributed by atoms with Crippen LogP contribution in [0.15, 0.2) is 54.6 Å². The van der Waals surface area contributed by atoms with Gasteiger partial charge in [-0.15, -0.1) is 0 Å². The molecule has 0 saturated carbocycles. The first-order valence-electron chi connectivity index (χ1n) is 8.37. The van der Waals surface area contributed by atoms with Gasteiger partial charge in [0, 0.05) is 17.7 Å². The number of nitro groups is 1. The van der Waals surface area contributed by atoms with E-state index in [1.807, 2.05) is 0 Å². The van der Waals surface area contributed by atoms with Crippen molar-refractivity contribution in [1.29, 1.82) is 0 Å². The van der Waals surface area contributed by atoms with Crippen molar-refractivity contribution in [3.63, 3.8) is 0 Å². The van der Waals surface area contributed by atoms with E-state index in [1.165, 1.54) is 22.8 Å². The summed E-state index contributed by atoms with van der Waals surface area (Å²) in [6.07, 6.45) is -5.39. The number of hydrogen-bond donors (Lipinski definition) is 2. The second kappa shape index (κ2) is 7.46. The Morgan fingerprint density at radius 2 is 1.80 bits per heavy atom. The number of carbonyl (C=O) groups is 3. The number of nitrogens with one attached hydrogen (secondary N) is 2. The summed E-state index contributed by atoms with van der Waals surface area (Å²) in [5, 5.41) is 13.8. The molecule has 0 unspecified atom stereocenters. The minimum atomic E-state index is -5.39. The van der Waals surface area contributed by atoms with E-state index in [0.717, 1.165) is 24.3 Å². The van der Waals surface area contributed by atoms with Gasteiger partial charge < -0.3 is 5.32 Å². The molecule has 3 rings (SSSR count). The molecule has 2 N–H and O–H groups in total. The standard InChI is InChI=1S/C18H13F3N4O5/c19-18(20,21)17(22-14(26)12-7-4-8-13(9-12)25(29)30)15(27)24(16(28)23-17)10-11-5-2-1-3-6-11/h1-9H,10H2,(H,22,26)(H,23,28)/t17-/m1/s1. The Balaban J connectivity index is 1.93. The zero-order valence-corrected chi connectivity index (χ0v) is 15.0. The minimum Gasteiger partial charge on any atom is -0.314 e. The van der Waals surface area contributed by atoms with Crippen LogP contribution in [0.1, 0.15) is 15.9 Å². The molecule has 2 aromatic rings. The Kier molecular flexibility index (Phi) is 5.16. The third-order valence-electron chi connectivity index (χ3n) is 4.33. The molecule has 0 radical (unpaired) electrons. The number of imide groups is 1. The van der Waals surface area contributed by atoms with Gasteiger partial charge in [-0.1, -0.05) is 36.4 Å². The van der Waals surface area contributed by atoms with Gasteiger partial charge in [0.05, 0.1) is 11.5 Å². The third kappa shape index (κ3) is 3.66. The van der Waals surface area contributed by atoms with Gasteiger partial charge >= 0.3 is 12.2 Å². The highest BCUT2D eigenvalue weighted by Crippen LogP contribution is 2.34. The van der Waals surface area contributed by atoms with Crippen molar-refractivity contribution in [2.75, 3.05) is 0 Å². The number of alkyl halides is 3. The summed E-state index contributed by atoms with van der Waals surface area (Å²) in [5.74, 6) is -3.14. The normalized spacial score (nSPS) is 18.8. The molecule has 4 amide bonds. The van der Waals surface area contributed by atoms with Crippen LogP contribution in [0.5, 0.6) is 0 Å². The van der Waals surface area contributed by atoms with Crippen LogP contribution in [0.2, 0.25) is 0 Å². The third-order valence-corrected chi connectivity index (χ3v) is 4.33. The number of benzene rings is 2. The number of carbonyl (C=O) groups excluding carboxylic acids is 3. The van der Waals surface area contributed by atoms with Crippen LogP contribution in [0.25, 0.3) is 0 Å². The van der Waals surface area contributed by atoms with Crippen molar-refractivity contribution in [2.45, 2.75) is 18.4 Å². The van der Waals surface area contributed by atoms with Crippen LogP contribution in [0, 0.1) is 10.1 Å². The van der Waals surface area contributed by atoms with E-state index in [4.69, 9.17) is 0 Å². The monoisotopic (exact) mass is 422 g/mol. The molecule has 0 aromatic heterocycles. The number of rotatable bonds is 5. The largest absolute Gasteiger partial charge is 0.440 e. The maximum absolute atomic E-state index is 13.9. The first-order valence-corrected chi connectivity index (χ1v) is 8.37. The Morgan fingerprint density at radius 1 is 1.13 bits per heavy atom. The summed E-state index contributed by atoms with van der Waals surface area (Å²) in [4.78, 5) is 47.5. The smallest absolute Gasteiger partial charge is 0.314 e. The van der Waals surface area contributed by atoms with Crippen LogP contribution in [0.4, 0.5) is 23.7 Å². The van der Waals surface area contributed by atoms with E-state index in [9.17, 15) is 37.7 Å². The summed E-state index contributed by atoms with van der Waals surface area (Å²) in [6.45, 7) is -0.448. The number of urea groups is 1. The molecule has 2 aromatic carbocycles. The van der Waals surface area contributed by atoms with E-state index in [1.54, 1.807) is 18.2 Å². The average Bonchev–Trinajstić information content (AvgIpc) is 2.94. The molecule has 0 bridgehead atoms. The van der Waals surface area contributed by atoms with Gasteiger partial charge in [0.2, 0.25) is 0 Å². The molecule has 9 nitrogen and oxygen atoms in total. The predicted molar refractivity (Wildman–Crippen MR) is 94.9 cm³/mol. The van der Waals surface area contributed by atoms with Gasteiger partial charge in [0.15, 0.2) is 0 Å². The van der Waals surface area contributed by atoms with E-state index < -0.39 is 52.4 Å². The van der Waals surface area contributed by atoms with Crippen molar-refractivity contribution in [3.8, 4) is 0 Å². The number of halogens is 3. The highest BCUT2D eigenvalue weighted by atomic mass is 19.4. The summed E-state index contributed by atoms with van der Waals surface area (Å²) < 4.78 is 41.6. The van der Waals surface area contributed by atoms with Crippen LogP contribution in [-0.4, -0.2) is 39.5 Å². The van der Waals surface area contributed by atoms with E-state index in [-0.39, 0.29) is 0 Å². The van der Waals surface area contributed by atoms with Crippen molar-refractivity contribution in [1.82, 2.24) is 15.5 Å². The summed E-state index contributed by atoms with van der Waals surface area (Å²) in [5.41, 5.74) is -4.34. The fourth-order valence-electron chi connectivity index (χ4n) is 2.84. The highest BCUT2D eigenvalue weighted by Gasteiger charge is 2.68. The molecule has 1 aliphatic rings. The van der Waals surface area contributed by atoms with E-state index in [0.29, 0.717) is 10.5 Å². The van der Waals surface area contributed by atoms with Crippen molar-refractivity contribution < 1.29 is 32.5 Å². The average molecular weight is 422 g/mol. The Labute approximate surface area is 166 Å². The minimum absolute atomic E-state index is 0.330. The number of nitrogens with zero attached hydrogens (tertiary/aromatic N) is 2. The number of non-ortho nitro benzene ring substituents is 1. The molecular weight excluding hydrogens is 409 g/mol. The molecule has 0 spiro atoms. The van der Waals surface area contributed by atoms with Gasteiger partial charge in [0.1, 0.15) is 0 Å². The Hall–Kier alpha value is -3.96. The Morgan fingerprint density at radius 3 is 2.40 bits per heavy atom. The lowest BCUT2D eigenvalue weighted by atomic mass is 10.1. The topological polar surface area (TPSA) is 122 Å². The summed E-state index contributed by atoms with van der Waals surface area (Å²) >= 11 is 0. The van der Waals surface area contributed by atoms with Gasteiger partial charge in [0.25, 0.3) is 23.2 Å². The van der Waals surface area contributed by atoms with Crippen molar-refractivity contribution in [3.05, 3.63) is 75.8 Å². The first kappa shape index (κ1) is 20.8.